The summed E-state index contributed by atoms with van der Waals surface area (Å²) in [7, 11) is 0. The topological polar surface area (TPSA) is 49.8 Å². The molecule has 1 aliphatic carbocycles. The molecule has 0 radical (unpaired) electrons. The lowest BCUT2D eigenvalue weighted by molar-refractivity contribution is 0.866. The fourth-order valence-electron chi connectivity index (χ4n) is 2.54. The van der Waals surface area contributed by atoms with E-state index in [1.165, 1.54) is 5.56 Å². The highest BCUT2D eigenvalue weighted by Crippen LogP contribution is 2.26. The van der Waals surface area contributed by atoms with Crippen LogP contribution < -0.4 is 5.73 Å². The average Bonchev–Trinajstić information content (AvgIpc) is 2.45. The first-order chi connectivity index (χ1) is 10.0. The molecule has 2 nitrogen and oxygen atoms in total. The molecule has 0 fully saturated rings. The van der Waals surface area contributed by atoms with Crippen LogP contribution in [0.2, 0.25) is 0 Å². The third-order valence-electron chi connectivity index (χ3n) is 3.93. The summed E-state index contributed by atoms with van der Waals surface area (Å²) >= 11 is 0. The minimum absolute atomic E-state index is 0.529. The molecule has 0 saturated heterocycles. The molecule has 0 amide bonds. The molecule has 0 unspecified atom stereocenters. The molecule has 2 heteroatoms. The van der Waals surface area contributed by atoms with Crippen LogP contribution >= 0.6 is 0 Å². The molecule has 0 spiro atoms. The Labute approximate surface area is 127 Å². The lowest BCUT2D eigenvalue weighted by Crippen LogP contribution is -2.04. The van der Waals surface area contributed by atoms with Crippen molar-refractivity contribution < 1.29 is 0 Å². The smallest absolute Gasteiger partial charge is 0.101 e. The van der Waals surface area contributed by atoms with E-state index in [1.807, 2.05) is 13.0 Å². The van der Waals surface area contributed by atoms with Crippen LogP contribution in [0.25, 0.3) is 5.57 Å². The van der Waals surface area contributed by atoms with Gasteiger partial charge in [0.25, 0.3) is 0 Å². The van der Waals surface area contributed by atoms with E-state index in [2.05, 4.69) is 50.3 Å². The molecular weight excluding hydrogens is 256 g/mol. The van der Waals surface area contributed by atoms with Gasteiger partial charge in [-0.1, -0.05) is 49.8 Å². The van der Waals surface area contributed by atoms with Gasteiger partial charge in [-0.15, -0.1) is 0 Å². The Bertz CT molecular complexity index is 650. The lowest BCUT2D eigenvalue weighted by atomic mass is 9.93. The van der Waals surface area contributed by atoms with Crippen LogP contribution in [0.3, 0.4) is 0 Å². The van der Waals surface area contributed by atoms with Crippen molar-refractivity contribution in [3.05, 3.63) is 64.4 Å². The zero-order valence-corrected chi connectivity index (χ0v) is 13.0. The second-order valence-electron chi connectivity index (χ2n) is 5.84. The fraction of sp³-hybridized carbons (Fsp3) is 0.316. The summed E-state index contributed by atoms with van der Waals surface area (Å²) in [5, 5.41) is 9.25. The zero-order valence-electron chi connectivity index (χ0n) is 13.0. The second kappa shape index (κ2) is 6.45. The predicted octanol–water partition coefficient (Wildman–Crippen LogP) is 4.67. The summed E-state index contributed by atoms with van der Waals surface area (Å²) in [6.07, 6.45) is 5.94. The van der Waals surface area contributed by atoms with Crippen molar-refractivity contribution in [2.45, 2.75) is 39.5 Å². The third-order valence-corrected chi connectivity index (χ3v) is 3.93. The minimum atomic E-state index is 0.529. The van der Waals surface area contributed by atoms with Crippen LogP contribution in [0.1, 0.15) is 50.7 Å². The summed E-state index contributed by atoms with van der Waals surface area (Å²) in [4.78, 5) is 0. The van der Waals surface area contributed by atoms with E-state index in [4.69, 9.17) is 5.73 Å². The van der Waals surface area contributed by atoms with Crippen molar-refractivity contribution in [2.24, 2.45) is 5.73 Å². The normalized spacial score (nSPS) is 24.3. The van der Waals surface area contributed by atoms with Crippen molar-refractivity contribution in [1.29, 1.82) is 5.26 Å². The number of hydrogen-bond acceptors (Lipinski definition) is 2. The van der Waals surface area contributed by atoms with Crippen molar-refractivity contribution in [1.82, 2.24) is 0 Å². The molecule has 0 bridgehead atoms. The molecular formula is C19H22N2. The van der Waals surface area contributed by atoms with Crippen molar-refractivity contribution >= 4 is 5.57 Å². The number of rotatable bonds is 2. The molecule has 0 aliphatic heterocycles. The van der Waals surface area contributed by atoms with Crippen LogP contribution in [-0.4, -0.2) is 0 Å². The molecule has 0 saturated carbocycles. The zero-order chi connectivity index (χ0) is 15.4. The molecule has 0 aromatic heterocycles. The maximum absolute atomic E-state index is 9.25. The molecule has 2 rings (SSSR count). The molecule has 0 atom stereocenters. The van der Waals surface area contributed by atoms with Gasteiger partial charge in [0, 0.05) is 5.70 Å². The first kappa shape index (κ1) is 15.1. The average molecular weight is 278 g/mol. The third kappa shape index (κ3) is 3.44. The number of nitriles is 1. The number of nitrogens with two attached hydrogens (primary N) is 1. The molecule has 108 valence electrons. The van der Waals surface area contributed by atoms with Gasteiger partial charge in [0.1, 0.15) is 6.07 Å². The van der Waals surface area contributed by atoms with Gasteiger partial charge < -0.3 is 5.73 Å². The summed E-state index contributed by atoms with van der Waals surface area (Å²) < 4.78 is 0. The summed E-state index contributed by atoms with van der Waals surface area (Å²) in [6, 6.07) is 10.8. The van der Waals surface area contributed by atoms with E-state index in [0.29, 0.717) is 17.2 Å². The van der Waals surface area contributed by atoms with E-state index >= 15 is 0 Å². The molecule has 0 heterocycles. The van der Waals surface area contributed by atoms with Gasteiger partial charge in [-0.2, -0.15) is 5.26 Å². The van der Waals surface area contributed by atoms with Gasteiger partial charge in [-0.05, 0) is 48.5 Å². The highest BCUT2D eigenvalue weighted by Gasteiger charge is 2.10. The monoisotopic (exact) mass is 278 g/mol. The Balaban J connectivity index is 2.38. The Morgan fingerprint density at radius 2 is 1.86 bits per heavy atom. The van der Waals surface area contributed by atoms with Crippen LogP contribution in [-0.2, 0) is 0 Å². The first-order valence-electron chi connectivity index (χ1n) is 7.40. The van der Waals surface area contributed by atoms with Crippen molar-refractivity contribution in [2.75, 3.05) is 0 Å². The van der Waals surface area contributed by atoms with Gasteiger partial charge in [0.05, 0.1) is 5.57 Å². The maximum Gasteiger partial charge on any atom is 0.101 e. The Morgan fingerprint density at radius 3 is 2.43 bits per heavy atom. The number of benzene rings is 1. The largest absolute Gasteiger partial charge is 0.398 e. The number of hydrogen-bond donors (Lipinski definition) is 1. The standard InChI is InChI=1S/C19H22N2/c1-13(2)15-7-9-16(10-8-15)17-6-4-5-14(3)18(12-20)19(21)11-17/h6-11,13H,4-5,21H2,1-3H3/b17-6+,18-14+,19-11+. The Kier molecular flexibility index (Phi) is 4.65. The van der Waals surface area contributed by atoms with E-state index in [0.717, 1.165) is 29.6 Å². The SMILES string of the molecule is C\C1=C(C#N)/C(N)=C\C(c2ccc(C(C)C)cc2)=C/CC1. The molecule has 1 aromatic carbocycles. The van der Waals surface area contributed by atoms with Crippen molar-refractivity contribution in [3.63, 3.8) is 0 Å². The number of allylic oxidation sites excluding steroid dienone is 5. The van der Waals surface area contributed by atoms with E-state index < -0.39 is 0 Å². The van der Waals surface area contributed by atoms with Crippen molar-refractivity contribution in [3.8, 4) is 6.07 Å². The Hall–Kier alpha value is -2.27. The van der Waals surface area contributed by atoms with Crippen LogP contribution in [0.15, 0.2) is 53.3 Å². The number of nitrogens with zero attached hydrogens (tertiary/aromatic N) is 1. The summed E-state index contributed by atoms with van der Waals surface area (Å²) in [5.41, 5.74) is 11.9. The van der Waals surface area contributed by atoms with Crippen LogP contribution in [0.5, 0.6) is 0 Å². The van der Waals surface area contributed by atoms with E-state index in [1.54, 1.807) is 0 Å². The first-order valence-corrected chi connectivity index (χ1v) is 7.40. The molecule has 1 aromatic rings. The lowest BCUT2D eigenvalue weighted by Gasteiger charge is -2.13. The minimum Gasteiger partial charge on any atom is -0.398 e. The molecule has 1 aliphatic rings. The van der Waals surface area contributed by atoms with Gasteiger partial charge in [0.15, 0.2) is 0 Å². The van der Waals surface area contributed by atoms with Gasteiger partial charge in [0.2, 0.25) is 0 Å². The quantitative estimate of drug-likeness (QED) is 0.854. The second-order valence-corrected chi connectivity index (χ2v) is 5.84. The Morgan fingerprint density at radius 1 is 1.19 bits per heavy atom. The van der Waals surface area contributed by atoms with Gasteiger partial charge in [-0.25, -0.2) is 0 Å². The summed E-state index contributed by atoms with van der Waals surface area (Å²) in [5.74, 6) is 0.529. The predicted molar refractivity (Wildman–Crippen MR) is 88.3 cm³/mol. The van der Waals surface area contributed by atoms with Gasteiger partial charge in [-0.3, -0.25) is 0 Å². The maximum atomic E-state index is 9.25. The molecule has 2 N–H and O–H groups in total. The summed E-state index contributed by atoms with van der Waals surface area (Å²) in [6.45, 7) is 6.36. The van der Waals surface area contributed by atoms with Crippen LogP contribution in [0.4, 0.5) is 0 Å². The fourth-order valence-corrected chi connectivity index (χ4v) is 2.54. The van der Waals surface area contributed by atoms with Crippen LogP contribution in [0, 0.1) is 11.3 Å². The van der Waals surface area contributed by atoms with E-state index in [9.17, 15) is 5.26 Å². The highest BCUT2D eigenvalue weighted by molar-refractivity contribution is 5.76. The van der Waals surface area contributed by atoms with Gasteiger partial charge >= 0.3 is 0 Å². The highest BCUT2D eigenvalue weighted by atomic mass is 14.6. The van der Waals surface area contributed by atoms with E-state index in [-0.39, 0.29) is 0 Å². The molecule has 21 heavy (non-hydrogen) atoms.